The number of hydroxylamine groups is 2. The maximum atomic E-state index is 13.4. The van der Waals surface area contributed by atoms with Gasteiger partial charge in [0.15, 0.2) is 5.76 Å². The molecule has 0 unspecified atom stereocenters. The van der Waals surface area contributed by atoms with Gasteiger partial charge in [0, 0.05) is 30.2 Å². The highest BCUT2D eigenvalue weighted by Gasteiger charge is 2.54. The standard InChI is InChI=1S/C21H27BrN2O5/c1-6-28-20(26)29-18-17(16-14(3)11-13(2)12-15(16)22)19(25)23(4)21(18)7-9-24(27-5)10-8-21/h11-12H,6-10H2,1-5H3. The molecule has 2 aliphatic rings. The first kappa shape index (κ1) is 21.8. The molecule has 0 aliphatic carbocycles. The van der Waals surface area contributed by atoms with E-state index in [4.69, 9.17) is 14.3 Å². The summed E-state index contributed by atoms with van der Waals surface area (Å²) >= 11 is 3.61. The van der Waals surface area contributed by atoms with E-state index in [9.17, 15) is 9.59 Å². The molecular formula is C21H27BrN2O5. The molecule has 29 heavy (non-hydrogen) atoms. The summed E-state index contributed by atoms with van der Waals surface area (Å²) in [6.07, 6.45) is 0.380. The number of halogens is 1. The van der Waals surface area contributed by atoms with Crippen molar-refractivity contribution in [2.45, 2.75) is 39.2 Å². The first-order valence-corrected chi connectivity index (χ1v) is 10.5. The number of aryl methyl sites for hydroxylation is 2. The second-order valence-electron chi connectivity index (χ2n) is 7.44. The number of nitrogens with zero attached hydrogens (tertiary/aromatic N) is 2. The SMILES string of the molecule is CCOC(=O)OC1=C(c2c(C)cc(C)cc2Br)C(=O)N(C)C12CCN(OC)CC2. The van der Waals surface area contributed by atoms with Crippen LogP contribution in [0.5, 0.6) is 0 Å². The highest BCUT2D eigenvalue weighted by atomic mass is 79.9. The molecule has 1 aromatic carbocycles. The van der Waals surface area contributed by atoms with Crippen LogP contribution in [-0.4, -0.2) is 61.4 Å². The number of ether oxygens (including phenoxy) is 2. The largest absolute Gasteiger partial charge is 0.513 e. The summed E-state index contributed by atoms with van der Waals surface area (Å²) in [5, 5.41) is 1.84. The van der Waals surface area contributed by atoms with Gasteiger partial charge >= 0.3 is 6.16 Å². The lowest BCUT2D eigenvalue weighted by molar-refractivity contribution is -0.162. The third-order valence-corrected chi connectivity index (χ3v) is 6.37. The van der Waals surface area contributed by atoms with E-state index in [0.717, 1.165) is 21.2 Å². The van der Waals surface area contributed by atoms with Crippen LogP contribution in [0.4, 0.5) is 4.79 Å². The zero-order valence-electron chi connectivity index (χ0n) is 17.5. The first-order valence-electron chi connectivity index (χ1n) is 9.68. The van der Waals surface area contributed by atoms with Crippen molar-refractivity contribution < 1.29 is 23.9 Å². The van der Waals surface area contributed by atoms with Gasteiger partial charge in [0.1, 0.15) is 5.54 Å². The molecule has 0 radical (unpaired) electrons. The van der Waals surface area contributed by atoms with E-state index >= 15 is 0 Å². The van der Waals surface area contributed by atoms with Gasteiger partial charge < -0.3 is 19.2 Å². The van der Waals surface area contributed by atoms with Crippen molar-refractivity contribution in [3.05, 3.63) is 39.1 Å². The molecule has 0 N–H and O–H groups in total. The minimum Gasteiger partial charge on any atom is -0.434 e. The fourth-order valence-corrected chi connectivity index (χ4v) is 5.15. The van der Waals surface area contributed by atoms with Crippen molar-refractivity contribution in [1.82, 2.24) is 9.96 Å². The van der Waals surface area contributed by atoms with E-state index in [1.807, 2.05) is 31.0 Å². The Labute approximate surface area is 179 Å². The Morgan fingerprint density at radius 2 is 1.90 bits per heavy atom. The van der Waals surface area contributed by atoms with Crippen LogP contribution in [0, 0.1) is 13.8 Å². The lowest BCUT2D eigenvalue weighted by Crippen LogP contribution is -2.53. The van der Waals surface area contributed by atoms with E-state index in [2.05, 4.69) is 15.9 Å². The summed E-state index contributed by atoms with van der Waals surface area (Å²) in [6, 6.07) is 3.98. The quantitative estimate of drug-likeness (QED) is 0.628. The van der Waals surface area contributed by atoms with Gasteiger partial charge in [-0.05, 0) is 50.8 Å². The summed E-state index contributed by atoms with van der Waals surface area (Å²) in [6.45, 7) is 7.10. The van der Waals surface area contributed by atoms with Gasteiger partial charge in [0.05, 0.1) is 19.3 Å². The third kappa shape index (κ3) is 3.81. The molecule has 1 fully saturated rings. The molecule has 1 amide bonds. The molecular weight excluding hydrogens is 440 g/mol. The summed E-state index contributed by atoms with van der Waals surface area (Å²) in [5.74, 6) is 0.203. The Morgan fingerprint density at radius 3 is 2.45 bits per heavy atom. The number of carbonyl (C=O) groups excluding carboxylic acids is 2. The average Bonchev–Trinajstić information content (AvgIpc) is 2.85. The minimum atomic E-state index is -0.794. The number of hydrogen-bond acceptors (Lipinski definition) is 6. The van der Waals surface area contributed by atoms with Crippen molar-refractivity contribution in [2.75, 3.05) is 33.9 Å². The smallest absolute Gasteiger partial charge is 0.434 e. The van der Waals surface area contributed by atoms with E-state index in [1.165, 1.54) is 0 Å². The van der Waals surface area contributed by atoms with Gasteiger partial charge in [-0.15, -0.1) is 0 Å². The van der Waals surface area contributed by atoms with Crippen LogP contribution in [0.1, 0.15) is 36.5 Å². The number of carbonyl (C=O) groups is 2. The van der Waals surface area contributed by atoms with Gasteiger partial charge in [-0.25, -0.2) is 4.79 Å². The molecule has 7 nitrogen and oxygen atoms in total. The lowest BCUT2D eigenvalue weighted by Gasteiger charge is -2.43. The minimum absolute atomic E-state index is 0.164. The van der Waals surface area contributed by atoms with Crippen molar-refractivity contribution in [1.29, 1.82) is 0 Å². The first-order chi connectivity index (χ1) is 13.7. The van der Waals surface area contributed by atoms with Gasteiger partial charge in [-0.3, -0.25) is 4.79 Å². The molecule has 1 spiro atoms. The predicted octanol–water partition coefficient (Wildman–Crippen LogP) is 3.82. The van der Waals surface area contributed by atoms with E-state index in [0.29, 0.717) is 37.3 Å². The van der Waals surface area contributed by atoms with Crippen LogP contribution in [0.2, 0.25) is 0 Å². The molecule has 0 bridgehead atoms. The molecule has 2 heterocycles. The Hall–Kier alpha value is -1.90. The number of hydrogen-bond donors (Lipinski definition) is 0. The highest BCUT2D eigenvalue weighted by molar-refractivity contribution is 9.10. The molecule has 0 saturated carbocycles. The zero-order chi connectivity index (χ0) is 21.3. The van der Waals surface area contributed by atoms with E-state index < -0.39 is 11.7 Å². The maximum absolute atomic E-state index is 13.4. The molecule has 8 heteroatoms. The number of likely N-dealkylation sites (N-methyl/N-ethyl adjacent to an activating group) is 1. The van der Waals surface area contributed by atoms with Crippen LogP contribution in [-0.2, 0) is 19.1 Å². The molecule has 0 atom stereocenters. The monoisotopic (exact) mass is 466 g/mol. The number of rotatable bonds is 4. The summed E-state index contributed by atoms with van der Waals surface area (Å²) in [7, 11) is 3.40. The van der Waals surface area contributed by atoms with Gasteiger partial charge in [-0.2, -0.15) is 5.06 Å². The van der Waals surface area contributed by atoms with Crippen molar-refractivity contribution in [2.24, 2.45) is 0 Å². The van der Waals surface area contributed by atoms with E-state index in [1.54, 1.807) is 26.0 Å². The fraction of sp³-hybridized carbons (Fsp3) is 0.524. The third-order valence-electron chi connectivity index (χ3n) is 5.75. The highest BCUT2D eigenvalue weighted by Crippen LogP contribution is 2.48. The average molecular weight is 467 g/mol. The zero-order valence-corrected chi connectivity index (χ0v) is 19.1. The molecule has 2 aliphatic heterocycles. The van der Waals surface area contributed by atoms with Crippen molar-refractivity contribution >= 4 is 33.6 Å². The molecule has 1 aromatic rings. The molecule has 1 saturated heterocycles. The predicted molar refractivity (Wildman–Crippen MR) is 112 cm³/mol. The Bertz CT molecular complexity index is 836. The van der Waals surface area contributed by atoms with Gasteiger partial charge in [0.25, 0.3) is 5.91 Å². The topological polar surface area (TPSA) is 68.3 Å². The van der Waals surface area contributed by atoms with Crippen LogP contribution in [0.3, 0.4) is 0 Å². The van der Waals surface area contributed by atoms with Crippen molar-refractivity contribution in [3.63, 3.8) is 0 Å². The maximum Gasteiger partial charge on any atom is 0.513 e. The van der Waals surface area contributed by atoms with Gasteiger partial charge in [0.2, 0.25) is 0 Å². The molecule has 158 valence electrons. The second-order valence-corrected chi connectivity index (χ2v) is 8.29. The number of piperidine rings is 1. The van der Waals surface area contributed by atoms with Gasteiger partial charge in [-0.1, -0.05) is 22.0 Å². The fourth-order valence-electron chi connectivity index (χ4n) is 4.27. The number of amides is 1. The van der Waals surface area contributed by atoms with Crippen LogP contribution >= 0.6 is 15.9 Å². The van der Waals surface area contributed by atoms with Crippen LogP contribution < -0.4 is 0 Å². The van der Waals surface area contributed by atoms with Crippen LogP contribution in [0.15, 0.2) is 22.4 Å². The second kappa shape index (κ2) is 8.45. The Morgan fingerprint density at radius 1 is 1.24 bits per heavy atom. The summed E-state index contributed by atoms with van der Waals surface area (Å²) in [4.78, 5) is 32.8. The van der Waals surface area contributed by atoms with E-state index in [-0.39, 0.29) is 12.5 Å². The Kier molecular flexibility index (Phi) is 6.36. The summed E-state index contributed by atoms with van der Waals surface area (Å²) in [5.41, 5.74) is 2.46. The Balaban J connectivity index is 2.18. The van der Waals surface area contributed by atoms with Crippen LogP contribution in [0.25, 0.3) is 5.57 Å². The van der Waals surface area contributed by atoms with Crippen molar-refractivity contribution in [3.8, 4) is 0 Å². The normalized spacial score (nSPS) is 19.2. The summed E-state index contributed by atoms with van der Waals surface area (Å²) < 4.78 is 11.6. The lowest BCUT2D eigenvalue weighted by atomic mass is 9.85. The molecule has 0 aromatic heterocycles. The number of benzene rings is 1. The molecule has 3 rings (SSSR count).